The predicted octanol–water partition coefficient (Wildman–Crippen LogP) is 3.50. The maximum absolute atomic E-state index is 13.7. The zero-order chi connectivity index (χ0) is 13.0. The molecule has 0 saturated heterocycles. The van der Waals surface area contributed by atoms with Crippen LogP contribution in [0.1, 0.15) is 32.3 Å². The summed E-state index contributed by atoms with van der Waals surface area (Å²) in [5.74, 6) is -1.60. The summed E-state index contributed by atoms with van der Waals surface area (Å²) in [4.78, 5) is 0. The van der Waals surface area contributed by atoms with E-state index in [0.717, 1.165) is 0 Å². The molecule has 1 atom stereocenters. The Kier molecular flexibility index (Phi) is 4.87. The van der Waals surface area contributed by atoms with E-state index in [-0.39, 0.29) is 18.3 Å². The normalized spacial score (nSPS) is 12.9. The molecule has 0 aliphatic heterocycles. The maximum atomic E-state index is 13.7. The lowest BCUT2D eigenvalue weighted by Gasteiger charge is -2.16. The molecule has 0 N–H and O–H groups in total. The summed E-state index contributed by atoms with van der Waals surface area (Å²) in [5, 5.41) is 0. The van der Waals surface area contributed by atoms with Crippen molar-refractivity contribution in [3.63, 3.8) is 0 Å². The molecule has 17 heavy (non-hydrogen) atoms. The van der Waals surface area contributed by atoms with Gasteiger partial charge in [-0.1, -0.05) is 13.8 Å². The van der Waals surface area contributed by atoms with Crippen molar-refractivity contribution in [1.82, 2.24) is 0 Å². The van der Waals surface area contributed by atoms with Gasteiger partial charge in [0.2, 0.25) is 0 Å². The van der Waals surface area contributed by atoms with Crippen LogP contribution in [0.15, 0.2) is 12.1 Å². The lowest BCUT2D eigenvalue weighted by Crippen LogP contribution is -2.19. The van der Waals surface area contributed by atoms with Gasteiger partial charge in [0.15, 0.2) is 17.4 Å². The van der Waals surface area contributed by atoms with Gasteiger partial charge in [-0.2, -0.15) is 0 Å². The van der Waals surface area contributed by atoms with E-state index in [2.05, 4.69) is 0 Å². The molecule has 0 bridgehead atoms. The van der Waals surface area contributed by atoms with E-state index >= 15 is 0 Å². The minimum Gasteiger partial charge on any atom is -0.482 e. The maximum Gasteiger partial charge on any atom is 0.191 e. The highest BCUT2D eigenvalue weighted by Crippen LogP contribution is 2.27. The number of rotatable bonds is 5. The molecule has 0 spiro atoms. The lowest BCUT2D eigenvalue weighted by atomic mass is 10.0. The standard InChI is InChI=1S/C13H18F2O2/c1-8(2)10-5-11(14)13(12(15)6-10)17-9(3)7-16-4/h5-6,8-9H,7H2,1-4H3. The van der Waals surface area contributed by atoms with Crippen molar-refractivity contribution < 1.29 is 18.3 Å². The van der Waals surface area contributed by atoms with Gasteiger partial charge in [0.05, 0.1) is 6.61 Å². The van der Waals surface area contributed by atoms with E-state index in [9.17, 15) is 8.78 Å². The fourth-order valence-corrected chi connectivity index (χ4v) is 1.50. The van der Waals surface area contributed by atoms with Crippen LogP contribution >= 0.6 is 0 Å². The molecule has 0 aliphatic carbocycles. The van der Waals surface area contributed by atoms with Crippen LogP contribution in [0, 0.1) is 11.6 Å². The molecule has 1 aromatic carbocycles. The topological polar surface area (TPSA) is 18.5 Å². The molecule has 0 amide bonds. The monoisotopic (exact) mass is 244 g/mol. The third-order valence-electron chi connectivity index (χ3n) is 2.41. The molecule has 1 unspecified atom stereocenters. The Morgan fingerprint density at radius 2 is 1.65 bits per heavy atom. The Morgan fingerprint density at radius 1 is 1.12 bits per heavy atom. The summed E-state index contributed by atoms with van der Waals surface area (Å²) in [7, 11) is 1.51. The van der Waals surface area contributed by atoms with Crippen molar-refractivity contribution in [3.8, 4) is 5.75 Å². The Labute approximate surface area is 101 Å². The highest BCUT2D eigenvalue weighted by molar-refractivity contribution is 5.32. The van der Waals surface area contributed by atoms with E-state index in [1.165, 1.54) is 19.2 Å². The van der Waals surface area contributed by atoms with Gasteiger partial charge in [-0.3, -0.25) is 0 Å². The van der Waals surface area contributed by atoms with Crippen LogP contribution in [0.25, 0.3) is 0 Å². The van der Waals surface area contributed by atoms with Gasteiger partial charge in [-0.05, 0) is 30.5 Å². The van der Waals surface area contributed by atoms with Crippen molar-refractivity contribution >= 4 is 0 Å². The molecular weight excluding hydrogens is 226 g/mol. The van der Waals surface area contributed by atoms with Gasteiger partial charge >= 0.3 is 0 Å². The molecular formula is C13H18F2O2. The van der Waals surface area contributed by atoms with Crippen molar-refractivity contribution in [3.05, 3.63) is 29.3 Å². The van der Waals surface area contributed by atoms with Gasteiger partial charge < -0.3 is 9.47 Å². The molecule has 2 nitrogen and oxygen atoms in total. The predicted molar refractivity (Wildman–Crippen MR) is 62.4 cm³/mol. The minimum atomic E-state index is -0.670. The molecule has 0 heterocycles. The van der Waals surface area contributed by atoms with Crippen molar-refractivity contribution in [2.45, 2.75) is 32.8 Å². The number of methoxy groups -OCH3 is 1. The van der Waals surface area contributed by atoms with Gasteiger partial charge in [0, 0.05) is 7.11 Å². The second-order valence-corrected chi connectivity index (χ2v) is 4.35. The average molecular weight is 244 g/mol. The van der Waals surface area contributed by atoms with Crippen LogP contribution in [0.3, 0.4) is 0 Å². The molecule has 0 radical (unpaired) electrons. The molecule has 0 fully saturated rings. The Hall–Kier alpha value is -1.16. The summed E-state index contributed by atoms with van der Waals surface area (Å²) in [5.41, 5.74) is 0.617. The molecule has 96 valence electrons. The van der Waals surface area contributed by atoms with Crippen LogP contribution in [0.4, 0.5) is 8.78 Å². The largest absolute Gasteiger partial charge is 0.482 e. The third kappa shape index (κ3) is 3.66. The Balaban J connectivity index is 2.93. The number of hydrogen-bond acceptors (Lipinski definition) is 2. The number of halogens is 2. The summed E-state index contributed by atoms with van der Waals surface area (Å²) in [6.45, 7) is 5.73. The smallest absolute Gasteiger partial charge is 0.191 e. The summed E-state index contributed by atoms with van der Waals surface area (Å²) >= 11 is 0. The molecule has 0 aromatic heterocycles. The highest BCUT2D eigenvalue weighted by Gasteiger charge is 2.16. The zero-order valence-electron chi connectivity index (χ0n) is 10.6. The first-order valence-corrected chi connectivity index (χ1v) is 5.60. The summed E-state index contributed by atoms with van der Waals surface area (Å²) in [6, 6.07) is 2.62. The van der Waals surface area contributed by atoms with Gasteiger partial charge in [-0.25, -0.2) is 8.78 Å². The Morgan fingerprint density at radius 3 is 2.06 bits per heavy atom. The van der Waals surface area contributed by atoms with Crippen LogP contribution in [0.2, 0.25) is 0 Å². The van der Waals surface area contributed by atoms with E-state index < -0.39 is 17.7 Å². The molecule has 0 saturated carbocycles. The first-order valence-electron chi connectivity index (χ1n) is 5.60. The summed E-state index contributed by atoms with van der Waals surface area (Å²) < 4.78 is 37.4. The fraction of sp³-hybridized carbons (Fsp3) is 0.538. The van der Waals surface area contributed by atoms with Gasteiger partial charge in [0.1, 0.15) is 6.10 Å². The number of hydrogen-bond donors (Lipinski definition) is 0. The third-order valence-corrected chi connectivity index (χ3v) is 2.41. The van der Waals surface area contributed by atoms with E-state index in [4.69, 9.17) is 9.47 Å². The van der Waals surface area contributed by atoms with Gasteiger partial charge in [0.25, 0.3) is 0 Å². The Bertz CT molecular complexity index is 355. The van der Waals surface area contributed by atoms with Gasteiger partial charge in [-0.15, -0.1) is 0 Å². The molecule has 4 heteroatoms. The van der Waals surface area contributed by atoms with Crippen molar-refractivity contribution in [2.75, 3.05) is 13.7 Å². The lowest BCUT2D eigenvalue weighted by molar-refractivity contribution is 0.0862. The number of benzene rings is 1. The molecule has 0 aliphatic rings. The second kappa shape index (κ2) is 5.96. The van der Waals surface area contributed by atoms with Crippen LogP contribution in [-0.4, -0.2) is 19.8 Å². The van der Waals surface area contributed by atoms with E-state index in [0.29, 0.717) is 5.56 Å². The van der Waals surface area contributed by atoms with Crippen LogP contribution in [-0.2, 0) is 4.74 Å². The fourth-order valence-electron chi connectivity index (χ4n) is 1.50. The van der Waals surface area contributed by atoms with Crippen LogP contribution in [0.5, 0.6) is 5.75 Å². The SMILES string of the molecule is COCC(C)Oc1c(F)cc(C(C)C)cc1F. The van der Waals surface area contributed by atoms with E-state index in [1.54, 1.807) is 6.92 Å². The average Bonchev–Trinajstić information content (AvgIpc) is 2.23. The van der Waals surface area contributed by atoms with Crippen LogP contribution < -0.4 is 4.74 Å². The zero-order valence-corrected chi connectivity index (χ0v) is 10.6. The molecule has 1 rings (SSSR count). The second-order valence-electron chi connectivity index (χ2n) is 4.35. The quantitative estimate of drug-likeness (QED) is 0.789. The number of ether oxygens (including phenoxy) is 2. The first-order chi connectivity index (χ1) is 7.95. The molecule has 1 aromatic rings. The van der Waals surface area contributed by atoms with Crippen molar-refractivity contribution in [2.24, 2.45) is 0 Å². The highest BCUT2D eigenvalue weighted by atomic mass is 19.1. The minimum absolute atomic E-state index is 0.0736. The van der Waals surface area contributed by atoms with Crippen molar-refractivity contribution in [1.29, 1.82) is 0 Å². The summed E-state index contributed by atoms with van der Waals surface area (Å²) in [6.07, 6.45) is -0.395. The van der Waals surface area contributed by atoms with E-state index in [1.807, 2.05) is 13.8 Å². The first kappa shape index (κ1) is 13.9.